The van der Waals surface area contributed by atoms with Crippen LogP contribution in [0.15, 0.2) is 72.5 Å². The van der Waals surface area contributed by atoms with Gasteiger partial charge >= 0.3 is 12.2 Å². The largest absolute Gasteiger partial charge is 0.504 e. The van der Waals surface area contributed by atoms with Crippen LogP contribution in [0.4, 0.5) is 9.59 Å². The van der Waals surface area contributed by atoms with Crippen LogP contribution in [-0.2, 0) is 32.2 Å². The molecule has 8 heteroatoms. The highest BCUT2D eigenvalue weighted by atomic mass is 16.6. The molecule has 4 fully saturated rings. The summed E-state index contributed by atoms with van der Waals surface area (Å²) in [6.45, 7) is 2.18. The summed E-state index contributed by atoms with van der Waals surface area (Å²) in [5, 5.41) is 0. The fourth-order valence-electron chi connectivity index (χ4n) is 8.20. The van der Waals surface area contributed by atoms with Crippen molar-refractivity contribution in [1.82, 2.24) is 9.80 Å². The number of carbonyl (C=O) groups excluding carboxylic acids is 3. The van der Waals surface area contributed by atoms with Gasteiger partial charge in [-0.25, -0.2) is 9.59 Å². The van der Waals surface area contributed by atoms with Gasteiger partial charge in [0, 0.05) is 37.5 Å². The first-order valence-corrected chi connectivity index (χ1v) is 15.5. The molecule has 2 amide bonds. The summed E-state index contributed by atoms with van der Waals surface area (Å²) in [5.74, 6) is 0.151. The Labute approximate surface area is 254 Å². The van der Waals surface area contributed by atoms with Crippen LogP contribution in [0.5, 0.6) is 0 Å². The molecule has 2 saturated heterocycles. The molecule has 43 heavy (non-hydrogen) atoms. The third kappa shape index (κ3) is 6.15. The molecule has 4 aliphatic rings. The number of amides is 2. The summed E-state index contributed by atoms with van der Waals surface area (Å²) in [4.78, 5) is 42.4. The van der Waals surface area contributed by atoms with Crippen molar-refractivity contribution in [3.05, 3.63) is 83.6 Å². The van der Waals surface area contributed by atoms with E-state index in [-0.39, 0.29) is 54.1 Å². The van der Waals surface area contributed by atoms with E-state index >= 15 is 0 Å². The number of benzene rings is 2. The van der Waals surface area contributed by atoms with Crippen molar-refractivity contribution in [1.29, 1.82) is 0 Å². The fraction of sp³-hybridized carbons (Fsp3) is 0.514. The van der Waals surface area contributed by atoms with Crippen molar-refractivity contribution >= 4 is 18.5 Å². The summed E-state index contributed by atoms with van der Waals surface area (Å²) in [6, 6.07) is 19.4. The molecule has 8 nitrogen and oxygen atoms in total. The van der Waals surface area contributed by atoms with Gasteiger partial charge < -0.3 is 28.8 Å². The second-order valence-electron chi connectivity index (χ2n) is 13.1. The minimum atomic E-state index is -0.316. The van der Waals surface area contributed by atoms with Crippen molar-refractivity contribution in [2.24, 2.45) is 22.7 Å². The van der Waals surface area contributed by atoms with E-state index in [1.54, 1.807) is 7.11 Å². The van der Waals surface area contributed by atoms with Gasteiger partial charge in [-0.15, -0.1) is 0 Å². The summed E-state index contributed by atoms with van der Waals surface area (Å²) < 4.78 is 17.0. The molecular weight excluding hydrogens is 544 g/mol. The van der Waals surface area contributed by atoms with E-state index in [4.69, 9.17) is 14.2 Å². The second kappa shape index (κ2) is 12.4. The number of rotatable bonds is 7. The second-order valence-corrected chi connectivity index (χ2v) is 13.1. The number of ether oxygens (including phenoxy) is 3. The molecule has 2 atom stereocenters. The van der Waals surface area contributed by atoms with Crippen LogP contribution in [-0.4, -0.2) is 61.1 Å². The van der Waals surface area contributed by atoms with Gasteiger partial charge in [-0.05, 0) is 72.5 Å². The zero-order valence-electron chi connectivity index (χ0n) is 25.0. The lowest BCUT2D eigenvalue weighted by atomic mass is 9.50. The van der Waals surface area contributed by atoms with Crippen molar-refractivity contribution in [2.45, 2.75) is 64.2 Å². The van der Waals surface area contributed by atoms with E-state index in [0.717, 1.165) is 62.4 Å². The van der Waals surface area contributed by atoms with Crippen molar-refractivity contribution < 1.29 is 28.6 Å². The lowest BCUT2D eigenvalue weighted by molar-refractivity contribution is -0.126. The molecule has 0 N–H and O–H groups in total. The highest BCUT2D eigenvalue weighted by Gasteiger charge is 2.58. The monoisotopic (exact) mass is 586 g/mol. The number of nitrogens with zero attached hydrogens (tertiary/aromatic N) is 2. The average molecular weight is 587 g/mol. The number of aldehydes is 1. The molecule has 0 radical (unpaired) electrons. The van der Waals surface area contributed by atoms with Crippen LogP contribution in [0.1, 0.15) is 56.1 Å². The van der Waals surface area contributed by atoms with Crippen LogP contribution in [0.3, 0.4) is 0 Å². The normalized spacial score (nSPS) is 29.8. The first kappa shape index (κ1) is 29.3. The van der Waals surface area contributed by atoms with Gasteiger partial charge in [0.2, 0.25) is 0 Å². The van der Waals surface area contributed by atoms with E-state index in [1.165, 1.54) is 5.57 Å². The first-order chi connectivity index (χ1) is 20.9. The van der Waals surface area contributed by atoms with Gasteiger partial charge in [-0.1, -0.05) is 60.7 Å². The molecule has 2 aliphatic carbocycles. The average Bonchev–Trinajstić information content (AvgIpc) is 3.01. The number of methoxy groups -OCH3 is 1. The van der Waals surface area contributed by atoms with Crippen LogP contribution in [0, 0.1) is 22.7 Å². The lowest BCUT2D eigenvalue weighted by Gasteiger charge is -2.61. The van der Waals surface area contributed by atoms with Gasteiger partial charge in [0.05, 0.1) is 13.4 Å². The summed E-state index contributed by atoms with van der Waals surface area (Å²) in [5.41, 5.74) is 3.18. The Morgan fingerprint density at radius 3 is 2.09 bits per heavy atom. The number of hydrogen-bond donors (Lipinski definition) is 0. The van der Waals surface area contributed by atoms with Crippen LogP contribution in [0.2, 0.25) is 0 Å². The molecular formula is C35H42N2O6. The van der Waals surface area contributed by atoms with Crippen LogP contribution < -0.4 is 0 Å². The molecule has 2 aromatic rings. The Bertz CT molecular complexity index is 1310. The minimum Gasteiger partial charge on any atom is -0.504 e. The Balaban J connectivity index is 1.24. The molecule has 2 aliphatic heterocycles. The lowest BCUT2D eigenvalue weighted by Crippen LogP contribution is -2.64. The Kier molecular flexibility index (Phi) is 8.46. The number of hydrogen-bond acceptors (Lipinski definition) is 6. The molecule has 2 aromatic carbocycles. The van der Waals surface area contributed by atoms with Gasteiger partial charge in [-0.3, -0.25) is 0 Å². The topological polar surface area (TPSA) is 85.4 Å². The number of likely N-dealkylation sites (tertiary alicyclic amines) is 2. The first-order valence-electron chi connectivity index (χ1n) is 15.5. The SMILES string of the molecule is COC=C1CC2(CCN(C(=O)OCc3ccccc3)CC2C2CC3(CCN2C(=O)OCc2ccccc2)CC(C=O)C3)C1. The quantitative estimate of drug-likeness (QED) is 0.278. The van der Waals surface area contributed by atoms with Gasteiger partial charge in [0.1, 0.15) is 19.5 Å². The maximum Gasteiger partial charge on any atom is 0.410 e. The summed E-state index contributed by atoms with van der Waals surface area (Å²) >= 11 is 0. The zero-order chi connectivity index (χ0) is 29.9. The van der Waals surface area contributed by atoms with Crippen molar-refractivity contribution in [3.63, 3.8) is 0 Å². The molecule has 2 heterocycles. The molecule has 2 saturated carbocycles. The van der Waals surface area contributed by atoms with E-state index in [1.807, 2.05) is 76.7 Å². The van der Waals surface area contributed by atoms with E-state index in [0.29, 0.717) is 19.6 Å². The zero-order valence-corrected chi connectivity index (χ0v) is 25.0. The maximum absolute atomic E-state index is 13.7. The van der Waals surface area contributed by atoms with E-state index in [9.17, 15) is 14.4 Å². The Hall–Kier alpha value is -3.81. The number of allylic oxidation sites excluding steroid dienone is 1. The smallest absolute Gasteiger partial charge is 0.410 e. The number of carbonyl (C=O) groups is 3. The van der Waals surface area contributed by atoms with Crippen molar-refractivity contribution in [3.8, 4) is 0 Å². The molecule has 2 unspecified atom stereocenters. The fourth-order valence-corrected chi connectivity index (χ4v) is 8.20. The standard InChI is InChI=1S/C35H42N2O6/c1-41-23-29-18-35(19-29)13-14-36(32(39)42-24-26-8-4-2-5-9-26)21-30(35)31-20-34(16-28(17-34)22-38)12-15-37(31)33(40)43-25-27-10-6-3-7-11-27/h2-11,22-23,28,30-31H,12-21,24-25H2,1H3. The summed E-state index contributed by atoms with van der Waals surface area (Å²) in [6.07, 6.45) is 8.37. The number of piperidine rings is 2. The van der Waals surface area contributed by atoms with E-state index in [2.05, 4.69) is 0 Å². The van der Waals surface area contributed by atoms with Gasteiger partial charge in [0.25, 0.3) is 0 Å². The highest BCUT2D eigenvalue weighted by Crippen LogP contribution is 2.61. The predicted molar refractivity (Wildman–Crippen MR) is 161 cm³/mol. The minimum absolute atomic E-state index is 0.0322. The Morgan fingerprint density at radius 2 is 1.49 bits per heavy atom. The molecule has 6 rings (SSSR count). The molecule has 0 aromatic heterocycles. The van der Waals surface area contributed by atoms with E-state index < -0.39 is 0 Å². The predicted octanol–water partition coefficient (Wildman–Crippen LogP) is 6.35. The maximum atomic E-state index is 13.7. The molecule has 0 bridgehead atoms. The Morgan fingerprint density at radius 1 is 0.860 bits per heavy atom. The van der Waals surface area contributed by atoms with Gasteiger partial charge in [0.15, 0.2) is 0 Å². The third-order valence-electron chi connectivity index (χ3n) is 10.4. The van der Waals surface area contributed by atoms with Gasteiger partial charge in [-0.2, -0.15) is 0 Å². The summed E-state index contributed by atoms with van der Waals surface area (Å²) in [7, 11) is 1.68. The van der Waals surface area contributed by atoms with Crippen LogP contribution >= 0.6 is 0 Å². The molecule has 2 spiro atoms. The van der Waals surface area contributed by atoms with Crippen LogP contribution in [0.25, 0.3) is 0 Å². The third-order valence-corrected chi connectivity index (χ3v) is 10.4. The highest BCUT2D eigenvalue weighted by molar-refractivity contribution is 5.69. The molecule has 228 valence electrons. The van der Waals surface area contributed by atoms with Crippen molar-refractivity contribution in [2.75, 3.05) is 26.7 Å².